The van der Waals surface area contributed by atoms with Crippen LogP contribution in [-0.4, -0.2) is 21.1 Å². The van der Waals surface area contributed by atoms with Gasteiger partial charge in [-0.05, 0) is 38.0 Å². The van der Waals surface area contributed by atoms with Crippen LogP contribution in [0.15, 0.2) is 42.9 Å². The Balaban J connectivity index is 1.89. The first-order chi connectivity index (χ1) is 10.1. The number of nitrogens with one attached hydrogen (secondary N) is 1. The largest absolute Gasteiger partial charge is 0.388 e. The minimum atomic E-state index is -0.623. The van der Waals surface area contributed by atoms with E-state index in [0.717, 1.165) is 11.3 Å². The molecule has 0 amide bonds. The highest BCUT2D eigenvalue weighted by Crippen LogP contribution is 2.20. The van der Waals surface area contributed by atoms with Crippen molar-refractivity contribution >= 4 is 0 Å². The third kappa shape index (κ3) is 4.58. The molecule has 0 radical (unpaired) electrons. The fourth-order valence-electron chi connectivity index (χ4n) is 2.27. The molecule has 0 aliphatic rings. The summed E-state index contributed by atoms with van der Waals surface area (Å²) in [6.07, 6.45) is 4.93. The highest BCUT2D eigenvalue weighted by Gasteiger charge is 2.15. The quantitative estimate of drug-likeness (QED) is 0.858. The van der Waals surface area contributed by atoms with Gasteiger partial charge >= 0.3 is 0 Å². The van der Waals surface area contributed by atoms with E-state index in [9.17, 15) is 9.50 Å². The van der Waals surface area contributed by atoms with Crippen molar-refractivity contribution in [3.63, 3.8) is 0 Å². The average Bonchev–Trinajstić information content (AvgIpc) is 2.48. The Hall–Kier alpha value is -1.85. The molecule has 2 aromatic rings. The van der Waals surface area contributed by atoms with Gasteiger partial charge in [-0.25, -0.2) is 4.39 Å². The van der Waals surface area contributed by atoms with Crippen LogP contribution < -0.4 is 5.32 Å². The highest BCUT2D eigenvalue weighted by atomic mass is 19.1. The van der Waals surface area contributed by atoms with Gasteiger partial charge in [0.25, 0.3) is 0 Å². The average molecular weight is 289 g/mol. The highest BCUT2D eigenvalue weighted by molar-refractivity contribution is 5.18. The fraction of sp³-hybridized carbons (Fsp3) is 0.375. The first kappa shape index (κ1) is 15.5. The monoisotopic (exact) mass is 289 g/mol. The van der Waals surface area contributed by atoms with Gasteiger partial charge in [0.2, 0.25) is 0 Å². The molecule has 2 rings (SSSR count). The molecule has 4 nitrogen and oxygen atoms in total. The third-order valence-corrected chi connectivity index (χ3v) is 3.39. The molecule has 5 heteroatoms. The first-order valence-corrected chi connectivity index (χ1v) is 7.01. The van der Waals surface area contributed by atoms with Gasteiger partial charge in [-0.15, -0.1) is 0 Å². The molecule has 112 valence electrons. The molecule has 1 aromatic heterocycles. The predicted molar refractivity (Wildman–Crippen MR) is 79.0 cm³/mol. The van der Waals surface area contributed by atoms with Crippen LogP contribution >= 0.6 is 0 Å². The van der Waals surface area contributed by atoms with Gasteiger partial charge in [-0.2, -0.15) is 0 Å². The number of rotatable bonds is 6. The van der Waals surface area contributed by atoms with Crippen molar-refractivity contribution < 1.29 is 9.50 Å². The summed E-state index contributed by atoms with van der Waals surface area (Å²) < 4.78 is 12.9. The number of hydrogen-bond acceptors (Lipinski definition) is 4. The van der Waals surface area contributed by atoms with Gasteiger partial charge in [0, 0.05) is 30.7 Å². The number of aliphatic hydroxyl groups is 1. The van der Waals surface area contributed by atoms with Crippen LogP contribution in [0.1, 0.15) is 43.7 Å². The smallest absolute Gasteiger partial charge is 0.123 e. The topological polar surface area (TPSA) is 58.0 Å². The van der Waals surface area contributed by atoms with E-state index in [1.165, 1.54) is 12.1 Å². The second-order valence-electron chi connectivity index (χ2n) is 5.22. The Labute approximate surface area is 124 Å². The lowest BCUT2D eigenvalue weighted by Crippen LogP contribution is -2.31. The summed E-state index contributed by atoms with van der Waals surface area (Å²) in [4.78, 5) is 8.29. The molecule has 0 aliphatic carbocycles. The van der Waals surface area contributed by atoms with Crippen LogP contribution in [0.3, 0.4) is 0 Å². The summed E-state index contributed by atoms with van der Waals surface area (Å²) in [5.74, 6) is -0.298. The molecule has 2 N–H and O–H groups in total. The maximum Gasteiger partial charge on any atom is 0.123 e. The van der Waals surface area contributed by atoms with Crippen LogP contribution in [0.5, 0.6) is 0 Å². The van der Waals surface area contributed by atoms with E-state index in [0.29, 0.717) is 6.42 Å². The molecule has 0 unspecified atom stereocenters. The first-order valence-electron chi connectivity index (χ1n) is 7.01. The zero-order chi connectivity index (χ0) is 15.2. The molecular weight excluding hydrogens is 269 g/mol. The molecule has 0 saturated heterocycles. The van der Waals surface area contributed by atoms with Gasteiger partial charge in [-0.1, -0.05) is 12.1 Å². The molecule has 0 bridgehead atoms. The van der Waals surface area contributed by atoms with Crippen molar-refractivity contribution in [1.82, 2.24) is 15.3 Å². The number of halogens is 1. The van der Waals surface area contributed by atoms with E-state index in [1.807, 2.05) is 13.8 Å². The molecule has 21 heavy (non-hydrogen) atoms. The number of nitrogens with zero attached hydrogens (tertiary/aromatic N) is 2. The molecule has 0 spiro atoms. The lowest BCUT2D eigenvalue weighted by Gasteiger charge is -2.22. The van der Waals surface area contributed by atoms with Gasteiger partial charge in [-0.3, -0.25) is 9.97 Å². The van der Waals surface area contributed by atoms with Crippen LogP contribution in [0.4, 0.5) is 4.39 Å². The van der Waals surface area contributed by atoms with Gasteiger partial charge < -0.3 is 10.4 Å². The van der Waals surface area contributed by atoms with Crippen LogP contribution in [0.25, 0.3) is 0 Å². The fourth-order valence-corrected chi connectivity index (χ4v) is 2.27. The Morgan fingerprint density at radius 1 is 1.19 bits per heavy atom. The van der Waals surface area contributed by atoms with Gasteiger partial charge in [0.15, 0.2) is 0 Å². The summed E-state index contributed by atoms with van der Waals surface area (Å²) in [6.45, 7) is 4.00. The van der Waals surface area contributed by atoms with Gasteiger partial charge in [0.1, 0.15) is 5.82 Å². The molecular formula is C16H20FN3O. The number of hydrogen-bond donors (Lipinski definition) is 2. The Kier molecular flexibility index (Phi) is 5.36. The van der Waals surface area contributed by atoms with Crippen LogP contribution in [-0.2, 0) is 0 Å². The minimum Gasteiger partial charge on any atom is -0.388 e. The second-order valence-corrected chi connectivity index (χ2v) is 5.22. The number of aliphatic hydroxyl groups excluding tert-OH is 1. The lowest BCUT2D eigenvalue weighted by molar-refractivity contribution is 0.151. The van der Waals surface area contributed by atoms with Crippen molar-refractivity contribution in [3.05, 3.63) is 59.9 Å². The van der Waals surface area contributed by atoms with Crippen molar-refractivity contribution in [3.8, 4) is 0 Å². The van der Waals surface area contributed by atoms with Crippen LogP contribution in [0.2, 0.25) is 0 Å². The lowest BCUT2D eigenvalue weighted by atomic mass is 10.0. The maximum atomic E-state index is 12.9. The molecule has 3 atom stereocenters. The van der Waals surface area contributed by atoms with E-state index in [1.54, 1.807) is 30.7 Å². The number of aromatic nitrogens is 2. The summed E-state index contributed by atoms with van der Waals surface area (Å²) >= 11 is 0. The molecule has 0 aliphatic heterocycles. The standard InChI is InChI=1S/C16H20FN3O/c1-11(20-12(2)15-10-18-7-8-19-15)9-16(21)13-3-5-14(17)6-4-13/h3-8,10-12,16,20-21H,9H2,1-2H3/t11-,12-,16+/m1/s1. The zero-order valence-corrected chi connectivity index (χ0v) is 12.2. The Morgan fingerprint density at radius 3 is 2.52 bits per heavy atom. The van der Waals surface area contributed by atoms with E-state index < -0.39 is 6.10 Å². The summed E-state index contributed by atoms with van der Waals surface area (Å²) in [5.41, 5.74) is 1.58. The maximum absolute atomic E-state index is 12.9. The third-order valence-electron chi connectivity index (χ3n) is 3.39. The molecule has 1 aromatic carbocycles. The Bertz CT molecular complexity index is 547. The SMILES string of the molecule is C[C@H](C[C@H](O)c1ccc(F)cc1)N[C@H](C)c1cnccn1. The molecule has 0 saturated carbocycles. The normalized spacial score (nSPS) is 15.4. The summed E-state index contributed by atoms with van der Waals surface area (Å²) in [7, 11) is 0. The van der Waals surface area contributed by atoms with Crippen molar-refractivity contribution in [2.75, 3.05) is 0 Å². The van der Waals surface area contributed by atoms with Crippen LogP contribution in [0, 0.1) is 5.82 Å². The van der Waals surface area contributed by atoms with Gasteiger partial charge in [0.05, 0.1) is 11.8 Å². The number of benzene rings is 1. The molecule has 0 fully saturated rings. The molecule has 1 heterocycles. The predicted octanol–water partition coefficient (Wildman–Crippen LogP) is 2.78. The minimum absolute atomic E-state index is 0.0501. The van der Waals surface area contributed by atoms with Crippen molar-refractivity contribution in [2.45, 2.75) is 38.5 Å². The van der Waals surface area contributed by atoms with E-state index in [2.05, 4.69) is 15.3 Å². The van der Waals surface area contributed by atoms with Crippen molar-refractivity contribution in [1.29, 1.82) is 0 Å². The second kappa shape index (κ2) is 7.24. The summed E-state index contributed by atoms with van der Waals surface area (Å²) in [6, 6.07) is 6.08. The van der Waals surface area contributed by atoms with E-state index >= 15 is 0 Å². The zero-order valence-electron chi connectivity index (χ0n) is 12.2. The summed E-state index contributed by atoms with van der Waals surface area (Å²) in [5, 5.41) is 13.5. The van der Waals surface area contributed by atoms with E-state index in [-0.39, 0.29) is 17.9 Å². The van der Waals surface area contributed by atoms with Crippen molar-refractivity contribution in [2.24, 2.45) is 0 Å². The van der Waals surface area contributed by atoms with E-state index in [4.69, 9.17) is 0 Å². The Morgan fingerprint density at radius 2 is 1.90 bits per heavy atom.